The van der Waals surface area contributed by atoms with Gasteiger partial charge in [-0.15, -0.1) is 0 Å². The summed E-state index contributed by atoms with van der Waals surface area (Å²) in [5.74, 6) is 0.500. The van der Waals surface area contributed by atoms with Crippen molar-refractivity contribution in [2.75, 3.05) is 6.61 Å². The summed E-state index contributed by atoms with van der Waals surface area (Å²) in [5, 5.41) is 9.87. The van der Waals surface area contributed by atoms with Crippen LogP contribution in [0.2, 0.25) is 0 Å². The van der Waals surface area contributed by atoms with Crippen molar-refractivity contribution in [3.05, 3.63) is 28.8 Å². The van der Waals surface area contributed by atoms with Gasteiger partial charge in [-0.1, -0.05) is 12.1 Å². The predicted molar refractivity (Wildman–Crippen MR) is 69.1 cm³/mol. The fourth-order valence-corrected chi connectivity index (χ4v) is 3.02. The van der Waals surface area contributed by atoms with Gasteiger partial charge in [0.2, 0.25) is 0 Å². The summed E-state index contributed by atoms with van der Waals surface area (Å²) in [7, 11) is 0. The number of carbonyl (C=O) groups excluding carboxylic acids is 1. The van der Waals surface area contributed by atoms with Gasteiger partial charge >= 0.3 is 5.97 Å². The van der Waals surface area contributed by atoms with E-state index < -0.39 is 6.10 Å². The molecule has 19 heavy (non-hydrogen) atoms. The highest BCUT2D eigenvalue weighted by molar-refractivity contribution is 5.81. The van der Waals surface area contributed by atoms with Crippen molar-refractivity contribution in [3.8, 4) is 5.75 Å². The monoisotopic (exact) mass is 262 g/mol. The van der Waals surface area contributed by atoms with E-state index in [0.29, 0.717) is 6.61 Å². The first-order valence-corrected chi connectivity index (χ1v) is 6.71. The SMILES string of the molecule is CCOC(=O)C1C2Oc3c(C)ccc(C(C)O)c3C21. The van der Waals surface area contributed by atoms with Gasteiger partial charge in [0.05, 0.1) is 12.7 Å². The largest absolute Gasteiger partial charge is 0.488 e. The minimum atomic E-state index is -0.555. The van der Waals surface area contributed by atoms with Gasteiger partial charge in [0.1, 0.15) is 17.8 Å². The normalized spacial score (nSPS) is 28.1. The van der Waals surface area contributed by atoms with Gasteiger partial charge in [-0.05, 0) is 31.9 Å². The third kappa shape index (κ3) is 1.74. The van der Waals surface area contributed by atoms with Crippen molar-refractivity contribution < 1.29 is 19.4 Å². The molecular formula is C15H18O4. The molecule has 1 aliphatic carbocycles. The minimum absolute atomic E-state index is 0.0542. The van der Waals surface area contributed by atoms with Crippen molar-refractivity contribution in [1.82, 2.24) is 0 Å². The Morgan fingerprint density at radius 1 is 1.53 bits per heavy atom. The lowest BCUT2D eigenvalue weighted by molar-refractivity contribution is -0.145. The second-order valence-electron chi connectivity index (χ2n) is 5.28. The van der Waals surface area contributed by atoms with E-state index in [-0.39, 0.29) is 23.9 Å². The predicted octanol–water partition coefficient (Wildman–Crippen LogP) is 2.09. The first kappa shape index (κ1) is 12.5. The molecular weight excluding hydrogens is 244 g/mol. The van der Waals surface area contributed by atoms with Crippen molar-refractivity contribution in [3.63, 3.8) is 0 Å². The molecule has 3 rings (SSSR count). The number of ether oxygens (including phenoxy) is 2. The molecule has 0 aromatic heterocycles. The Balaban J connectivity index is 1.96. The van der Waals surface area contributed by atoms with Gasteiger partial charge in [0.25, 0.3) is 0 Å². The summed E-state index contributed by atoms with van der Waals surface area (Å²) >= 11 is 0. The second kappa shape index (κ2) is 4.23. The maximum absolute atomic E-state index is 11.8. The lowest BCUT2D eigenvalue weighted by atomic mass is 9.95. The van der Waals surface area contributed by atoms with E-state index >= 15 is 0 Å². The number of aryl methyl sites for hydroxylation is 1. The van der Waals surface area contributed by atoms with E-state index in [2.05, 4.69) is 0 Å². The van der Waals surface area contributed by atoms with Crippen LogP contribution in [-0.2, 0) is 9.53 Å². The molecule has 0 saturated heterocycles. The van der Waals surface area contributed by atoms with E-state index in [1.54, 1.807) is 13.8 Å². The lowest BCUT2D eigenvalue weighted by Crippen LogP contribution is -2.14. The van der Waals surface area contributed by atoms with E-state index in [1.165, 1.54) is 0 Å². The quantitative estimate of drug-likeness (QED) is 0.847. The smallest absolute Gasteiger partial charge is 0.313 e. The molecule has 0 spiro atoms. The molecule has 0 amide bonds. The van der Waals surface area contributed by atoms with Crippen LogP contribution in [0.25, 0.3) is 0 Å². The molecule has 4 unspecified atom stereocenters. The highest BCUT2D eigenvalue weighted by Gasteiger charge is 2.64. The highest BCUT2D eigenvalue weighted by Crippen LogP contribution is 2.61. The summed E-state index contributed by atoms with van der Waals surface area (Å²) in [4.78, 5) is 11.8. The topological polar surface area (TPSA) is 55.8 Å². The molecule has 1 saturated carbocycles. The lowest BCUT2D eigenvalue weighted by Gasteiger charge is -2.16. The molecule has 1 N–H and O–H groups in total. The fourth-order valence-electron chi connectivity index (χ4n) is 3.02. The van der Waals surface area contributed by atoms with Crippen LogP contribution in [0.4, 0.5) is 0 Å². The molecule has 1 aromatic rings. The van der Waals surface area contributed by atoms with Crippen LogP contribution >= 0.6 is 0 Å². The Labute approximate surface area is 112 Å². The van der Waals surface area contributed by atoms with E-state index in [1.807, 2.05) is 19.1 Å². The summed E-state index contributed by atoms with van der Waals surface area (Å²) in [6.07, 6.45) is -0.659. The van der Waals surface area contributed by atoms with Crippen LogP contribution in [0.5, 0.6) is 5.75 Å². The van der Waals surface area contributed by atoms with E-state index in [0.717, 1.165) is 22.4 Å². The Morgan fingerprint density at radius 2 is 2.26 bits per heavy atom. The molecule has 4 atom stereocenters. The summed E-state index contributed by atoms with van der Waals surface area (Å²) < 4.78 is 10.9. The molecule has 2 aliphatic rings. The zero-order chi connectivity index (χ0) is 13.7. The Hall–Kier alpha value is -1.55. The molecule has 102 valence electrons. The first-order chi connectivity index (χ1) is 9.06. The number of esters is 1. The number of rotatable bonds is 3. The molecule has 4 heteroatoms. The van der Waals surface area contributed by atoms with Crippen LogP contribution in [0.15, 0.2) is 12.1 Å². The Bertz CT molecular complexity index is 535. The number of hydrogen-bond donors (Lipinski definition) is 1. The minimum Gasteiger partial charge on any atom is -0.488 e. The molecule has 1 aromatic carbocycles. The highest BCUT2D eigenvalue weighted by atomic mass is 16.5. The second-order valence-corrected chi connectivity index (χ2v) is 5.28. The van der Waals surface area contributed by atoms with Crippen molar-refractivity contribution >= 4 is 5.97 Å². The summed E-state index contributed by atoms with van der Waals surface area (Å²) in [6, 6.07) is 3.87. The van der Waals surface area contributed by atoms with Crippen LogP contribution in [0.3, 0.4) is 0 Å². The van der Waals surface area contributed by atoms with Gasteiger partial charge in [0.15, 0.2) is 0 Å². The first-order valence-electron chi connectivity index (χ1n) is 6.71. The summed E-state index contributed by atoms with van der Waals surface area (Å²) in [6.45, 7) is 5.91. The fraction of sp³-hybridized carbons (Fsp3) is 0.533. The molecule has 1 aliphatic heterocycles. The van der Waals surface area contributed by atoms with Crippen LogP contribution in [0.1, 0.15) is 42.6 Å². The van der Waals surface area contributed by atoms with Gasteiger partial charge in [-0.2, -0.15) is 0 Å². The molecule has 1 fully saturated rings. The maximum atomic E-state index is 11.8. The standard InChI is InChI=1S/C15H18O4/c1-4-18-15(17)12-11-10-9(8(3)16)6-5-7(2)13(10)19-14(11)12/h5-6,8,11-12,14,16H,4H2,1-3H3. The summed E-state index contributed by atoms with van der Waals surface area (Å²) in [5.41, 5.74) is 2.91. The van der Waals surface area contributed by atoms with E-state index in [4.69, 9.17) is 9.47 Å². The van der Waals surface area contributed by atoms with Crippen molar-refractivity contribution in [1.29, 1.82) is 0 Å². The third-order valence-corrected chi connectivity index (χ3v) is 3.98. The number of carbonyl (C=O) groups is 1. The molecule has 1 heterocycles. The Morgan fingerprint density at radius 3 is 2.89 bits per heavy atom. The maximum Gasteiger partial charge on any atom is 0.313 e. The Kier molecular flexibility index (Phi) is 2.78. The van der Waals surface area contributed by atoms with Gasteiger partial charge in [-0.3, -0.25) is 4.79 Å². The number of hydrogen-bond acceptors (Lipinski definition) is 4. The van der Waals surface area contributed by atoms with Crippen LogP contribution < -0.4 is 4.74 Å². The van der Waals surface area contributed by atoms with E-state index in [9.17, 15) is 9.90 Å². The van der Waals surface area contributed by atoms with Crippen molar-refractivity contribution in [2.45, 2.75) is 38.9 Å². The van der Waals surface area contributed by atoms with Crippen LogP contribution in [-0.4, -0.2) is 23.8 Å². The number of benzene rings is 1. The van der Waals surface area contributed by atoms with Gasteiger partial charge in [0, 0.05) is 11.5 Å². The molecule has 0 radical (unpaired) electrons. The molecule has 0 bridgehead atoms. The zero-order valence-electron chi connectivity index (χ0n) is 11.3. The van der Waals surface area contributed by atoms with Crippen LogP contribution in [0, 0.1) is 12.8 Å². The number of aliphatic hydroxyl groups excluding tert-OH is 1. The third-order valence-electron chi connectivity index (χ3n) is 3.98. The number of fused-ring (bicyclic) bond motifs is 3. The van der Waals surface area contributed by atoms with Gasteiger partial charge in [-0.25, -0.2) is 0 Å². The van der Waals surface area contributed by atoms with Crippen molar-refractivity contribution in [2.24, 2.45) is 5.92 Å². The van der Waals surface area contributed by atoms with Gasteiger partial charge < -0.3 is 14.6 Å². The average Bonchev–Trinajstić information content (AvgIpc) is 2.93. The average molecular weight is 262 g/mol. The number of aliphatic hydroxyl groups is 1. The molecule has 4 nitrogen and oxygen atoms in total. The zero-order valence-corrected chi connectivity index (χ0v) is 11.3.